The summed E-state index contributed by atoms with van der Waals surface area (Å²) in [6.45, 7) is 3.82. The molecule has 1 N–H and O–H groups in total. The fraction of sp³-hybridized carbons (Fsp3) is 0.462. The van der Waals surface area contributed by atoms with Crippen molar-refractivity contribution in [1.82, 2.24) is 14.8 Å². The van der Waals surface area contributed by atoms with Crippen molar-refractivity contribution in [3.8, 4) is 0 Å². The molecule has 1 aliphatic heterocycles. The van der Waals surface area contributed by atoms with Gasteiger partial charge in [-0.3, -0.25) is 0 Å². The van der Waals surface area contributed by atoms with Crippen LogP contribution in [-0.2, 0) is 4.74 Å². The van der Waals surface area contributed by atoms with Gasteiger partial charge in [-0.2, -0.15) is 0 Å². The summed E-state index contributed by atoms with van der Waals surface area (Å²) in [7, 11) is 0. The Kier molecular flexibility index (Phi) is 5.68. The van der Waals surface area contributed by atoms with Gasteiger partial charge in [-0.15, -0.1) is 0 Å². The van der Waals surface area contributed by atoms with E-state index in [1.165, 1.54) is 12.1 Å². The monoisotopic (exact) mass is 346 g/mol. The lowest BCUT2D eigenvalue weighted by Crippen LogP contribution is -2.51. The number of urea groups is 1. The standard InChI is InChI=1S/C13H16Cl2N4O3/c1-2-22-13(21)19-5-3-18(4-6-19)12(20)16-9-7-10(14)17-11(15)8-9/h7-8H,2-6H2,1H3,(H,16,17,20). The van der Waals surface area contributed by atoms with Crippen LogP contribution in [-0.4, -0.2) is 59.7 Å². The molecule has 22 heavy (non-hydrogen) atoms. The normalized spacial score (nSPS) is 14.7. The quantitative estimate of drug-likeness (QED) is 0.835. The molecule has 2 heterocycles. The molecule has 0 bridgehead atoms. The van der Waals surface area contributed by atoms with Crippen molar-refractivity contribution < 1.29 is 14.3 Å². The van der Waals surface area contributed by atoms with Gasteiger partial charge in [0.25, 0.3) is 0 Å². The van der Waals surface area contributed by atoms with Crippen LogP contribution >= 0.6 is 23.2 Å². The highest BCUT2D eigenvalue weighted by molar-refractivity contribution is 6.32. The molecule has 2 rings (SSSR count). The van der Waals surface area contributed by atoms with Gasteiger partial charge in [-0.05, 0) is 19.1 Å². The van der Waals surface area contributed by atoms with Crippen molar-refractivity contribution in [2.45, 2.75) is 6.92 Å². The third-order valence-electron chi connectivity index (χ3n) is 3.11. The third-order valence-corrected chi connectivity index (χ3v) is 3.49. The number of ether oxygens (including phenoxy) is 1. The molecule has 0 spiro atoms. The van der Waals surface area contributed by atoms with Crippen molar-refractivity contribution in [1.29, 1.82) is 0 Å². The molecule has 0 aromatic carbocycles. The van der Waals surface area contributed by atoms with Crippen LogP contribution in [0.3, 0.4) is 0 Å². The highest BCUT2D eigenvalue weighted by atomic mass is 35.5. The highest BCUT2D eigenvalue weighted by Crippen LogP contribution is 2.19. The summed E-state index contributed by atoms with van der Waals surface area (Å²) >= 11 is 11.6. The Bertz CT molecular complexity index is 542. The second-order valence-electron chi connectivity index (χ2n) is 4.60. The summed E-state index contributed by atoms with van der Waals surface area (Å²) < 4.78 is 4.93. The average molecular weight is 347 g/mol. The van der Waals surface area contributed by atoms with E-state index in [1.54, 1.807) is 16.7 Å². The van der Waals surface area contributed by atoms with Crippen LogP contribution in [0.5, 0.6) is 0 Å². The number of piperazine rings is 1. The number of halogens is 2. The van der Waals surface area contributed by atoms with E-state index in [1.807, 2.05) is 0 Å². The molecule has 3 amide bonds. The number of pyridine rings is 1. The van der Waals surface area contributed by atoms with Crippen LogP contribution in [0.25, 0.3) is 0 Å². The van der Waals surface area contributed by atoms with E-state index in [9.17, 15) is 9.59 Å². The SMILES string of the molecule is CCOC(=O)N1CCN(C(=O)Nc2cc(Cl)nc(Cl)c2)CC1. The summed E-state index contributed by atoms with van der Waals surface area (Å²) in [6.07, 6.45) is -0.352. The van der Waals surface area contributed by atoms with Crippen molar-refractivity contribution in [3.63, 3.8) is 0 Å². The zero-order chi connectivity index (χ0) is 16.1. The Balaban J connectivity index is 1.88. The summed E-state index contributed by atoms with van der Waals surface area (Å²) in [5.74, 6) is 0. The van der Waals surface area contributed by atoms with Gasteiger partial charge in [0.15, 0.2) is 0 Å². The fourth-order valence-electron chi connectivity index (χ4n) is 2.05. The van der Waals surface area contributed by atoms with Crippen LogP contribution in [0.4, 0.5) is 15.3 Å². The number of nitrogens with zero attached hydrogens (tertiary/aromatic N) is 3. The molecule has 0 radical (unpaired) electrons. The van der Waals surface area contributed by atoms with Crippen molar-refractivity contribution in [2.75, 3.05) is 38.1 Å². The van der Waals surface area contributed by atoms with Crippen LogP contribution < -0.4 is 5.32 Å². The first-order chi connectivity index (χ1) is 10.5. The van der Waals surface area contributed by atoms with E-state index in [4.69, 9.17) is 27.9 Å². The smallest absolute Gasteiger partial charge is 0.409 e. The highest BCUT2D eigenvalue weighted by Gasteiger charge is 2.24. The van der Waals surface area contributed by atoms with Crippen LogP contribution in [0.15, 0.2) is 12.1 Å². The first-order valence-corrected chi connectivity index (χ1v) is 7.56. The van der Waals surface area contributed by atoms with Gasteiger partial charge in [0.1, 0.15) is 10.3 Å². The summed E-state index contributed by atoms with van der Waals surface area (Å²) in [6, 6.07) is 2.75. The molecular formula is C13H16Cl2N4O3. The molecule has 0 aliphatic carbocycles. The fourth-order valence-corrected chi connectivity index (χ4v) is 2.51. The Labute approximate surface area is 138 Å². The van der Waals surface area contributed by atoms with Crippen LogP contribution in [0.1, 0.15) is 6.92 Å². The van der Waals surface area contributed by atoms with E-state index in [-0.39, 0.29) is 22.4 Å². The van der Waals surface area contributed by atoms with Gasteiger partial charge in [-0.25, -0.2) is 14.6 Å². The molecular weight excluding hydrogens is 331 g/mol. The number of hydrogen-bond acceptors (Lipinski definition) is 4. The van der Waals surface area contributed by atoms with E-state index in [2.05, 4.69) is 10.3 Å². The molecule has 0 saturated carbocycles. The topological polar surface area (TPSA) is 74.8 Å². The van der Waals surface area contributed by atoms with E-state index in [0.29, 0.717) is 38.5 Å². The van der Waals surface area contributed by atoms with E-state index < -0.39 is 0 Å². The first kappa shape index (κ1) is 16.6. The van der Waals surface area contributed by atoms with Crippen molar-refractivity contribution in [2.24, 2.45) is 0 Å². The van der Waals surface area contributed by atoms with Gasteiger partial charge in [-0.1, -0.05) is 23.2 Å². The number of anilines is 1. The van der Waals surface area contributed by atoms with Crippen molar-refractivity contribution in [3.05, 3.63) is 22.4 Å². The van der Waals surface area contributed by atoms with Gasteiger partial charge < -0.3 is 19.9 Å². The average Bonchev–Trinajstić information content (AvgIpc) is 2.46. The molecule has 1 aromatic heterocycles. The minimum atomic E-state index is -0.352. The Hall–Kier alpha value is -1.73. The number of carbonyl (C=O) groups excluding carboxylic acids is 2. The van der Waals surface area contributed by atoms with Crippen molar-refractivity contribution >= 4 is 41.0 Å². The zero-order valence-electron chi connectivity index (χ0n) is 12.0. The molecule has 120 valence electrons. The number of hydrogen-bond donors (Lipinski definition) is 1. The molecule has 9 heteroatoms. The molecule has 1 aromatic rings. The van der Waals surface area contributed by atoms with Gasteiger partial charge >= 0.3 is 12.1 Å². The molecule has 0 unspecified atom stereocenters. The van der Waals surface area contributed by atoms with Crippen LogP contribution in [0, 0.1) is 0 Å². The number of carbonyl (C=O) groups is 2. The number of rotatable bonds is 2. The maximum atomic E-state index is 12.2. The molecule has 1 fully saturated rings. The zero-order valence-corrected chi connectivity index (χ0v) is 13.5. The van der Waals surface area contributed by atoms with E-state index in [0.717, 1.165) is 0 Å². The lowest BCUT2D eigenvalue weighted by Gasteiger charge is -2.33. The minimum absolute atomic E-state index is 0.204. The van der Waals surface area contributed by atoms with Gasteiger partial charge in [0, 0.05) is 31.9 Å². The Morgan fingerprint density at radius 3 is 2.27 bits per heavy atom. The van der Waals surface area contributed by atoms with Gasteiger partial charge in [0.05, 0.1) is 6.61 Å². The second kappa shape index (κ2) is 7.51. The van der Waals surface area contributed by atoms with E-state index >= 15 is 0 Å². The summed E-state index contributed by atoms with van der Waals surface area (Å²) in [4.78, 5) is 30.7. The second-order valence-corrected chi connectivity index (χ2v) is 5.38. The largest absolute Gasteiger partial charge is 0.450 e. The lowest BCUT2D eigenvalue weighted by molar-refractivity contribution is 0.0868. The number of nitrogens with one attached hydrogen (secondary N) is 1. The molecule has 0 atom stereocenters. The minimum Gasteiger partial charge on any atom is -0.450 e. The molecule has 7 nitrogen and oxygen atoms in total. The maximum Gasteiger partial charge on any atom is 0.409 e. The predicted molar refractivity (Wildman–Crippen MR) is 83.4 cm³/mol. The Morgan fingerprint density at radius 1 is 1.18 bits per heavy atom. The predicted octanol–water partition coefficient (Wildman–Crippen LogP) is 2.69. The first-order valence-electron chi connectivity index (χ1n) is 6.80. The number of amides is 3. The molecule has 1 saturated heterocycles. The Morgan fingerprint density at radius 2 is 1.73 bits per heavy atom. The summed E-state index contributed by atoms with van der Waals surface area (Å²) in [5.41, 5.74) is 0.475. The number of aromatic nitrogens is 1. The molecule has 1 aliphatic rings. The maximum absolute atomic E-state index is 12.2. The van der Waals surface area contributed by atoms with Gasteiger partial charge in [0.2, 0.25) is 0 Å². The lowest BCUT2D eigenvalue weighted by atomic mass is 10.3. The van der Waals surface area contributed by atoms with Crippen LogP contribution in [0.2, 0.25) is 10.3 Å². The summed E-state index contributed by atoms with van der Waals surface area (Å²) in [5, 5.41) is 3.11. The third kappa shape index (κ3) is 4.38.